The Morgan fingerprint density at radius 1 is 1.38 bits per heavy atom. The van der Waals surface area contributed by atoms with Crippen LogP contribution < -0.4 is 0 Å². The van der Waals surface area contributed by atoms with Crippen LogP contribution in [0.1, 0.15) is 6.92 Å². The van der Waals surface area contributed by atoms with E-state index in [0.29, 0.717) is 0 Å². The Morgan fingerprint density at radius 3 is 2.19 bits per heavy atom. The predicted molar refractivity (Wildman–Crippen MR) is 52.2 cm³/mol. The summed E-state index contributed by atoms with van der Waals surface area (Å²) >= 11 is 0. The molecule has 1 aliphatic rings. The van der Waals surface area contributed by atoms with Crippen molar-refractivity contribution >= 4 is 5.97 Å². The second kappa shape index (κ2) is 4.34. The first-order valence-electron chi connectivity index (χ1n) is 4.73. The van der Waals surface area contributed by atoms with Gasteiger partial charge in [0, 0.05) is 26.1 Å². The molecule has 0 saturated heterocycles. The molecule has 1 aliphatic carbocycles. The predicted octanol–water partition coefficient (Wildman–Crippen LogP) is 0.0597. The second-order valence-corrected chi connectivity index (χ2v) is 3.85. The van der Waals surface area contributed by atoms with Crippen LogP contribution in [0.2, 0.25) is 0 Å². The Hall–Kier alpha value is -1.21. The number of nitrogens with zero attached hydrogens (tertiary/aromatic N) is 1. The summed E-state index contributed by atoms with van der Waals surface area (Å²) in [6, 6.07) is 0. The lowest BCUT2D eigenvalue weighted by atomic mass is 10.2. The molecule has 7 nitrogen and oxygen atoms in total. The van der Waals surface area contributed by atoms with Crippen LogP contribution in [0.25, 0.3) is 0 Å². The number of esters is 1. The molecule has 92 valence electrons. The molecule has 16 heavy (non-hydrogen) atoms. The fourth-order valence-electron chi connectivity index (χ4n) is 2.10. The van der Waals surface area contributed by atoms with Crippen molar-refractivity contribution in [2.75, 3.05) is 21.3 Å². The molecule has 0 unspecified atom stereocenters. The molecule has 0 aromatic carbocycles. The fourth-order valence-corrected chi connectivity index (χ4v) is 2.10. The smallest absolute Gasteiger partial charge is 0.316 e. The van der Waals surface area contributed by atoms with Crippen LogP contribution in [0.3, 0.4) is 0 Å². The van der Waals surface area contributed by atoms with Crippen molar-refractivity contribution < 1.29 is 23.9 Å². The Morgan fingerprint density at radius 2 is 1.88 bits per heavy atom. The zero-order chi connectivity index (χ0) is 12.5. The molecular formula is C9H15NO6. The standard InChI is InChI=1S/C9H15NO6/c1-9(10(12)13)5(7(11)14-2)6(9)8(15-3)16-4/h5-6,8H,1-4H3/t5-,6+,9-/m1/s1. The summed E-state index contributed by atoms with van der Waals surface area (Å²) in [5.41, 5.74) is -1.37. The third-order valence-electron chi connectivity index (χ3n) is 3.16. The van der Waals surface area contributed by atoms with Crippen molar-refractivity contribution in [3.8, 4) is 0 Å². The van der Waals surface area contributed by atoms with Gasteiger partial charge in [0.2, 0.25) is 5.54 Å². The third kappa shape index (κ3) is 1.65. The van der Waals surface area contributed by atoms with Gasteiger partial charge in [-0.25, -0.2) is 0 Å². The first-order chi connectivity index (χ1) is 7.44. The van der Waals surface area contributed by atoms with Gasteiger partial charge in [-0.15, -0.1) is 0 Å². The van der Waals surface area contributed by atoms with E-state index in [1.807, 2.05) is 0 Å². The number of hydrogen-bond donors (Lipinski definition) is 0. The highest BCUT2D eigenvalue weighted by Crippen LogP contribution is 2.55. The molecule has 0 N–H and O–H groups in total. The number of hydrogen-bond acceptors (Lipinski definition) is 6. The van der Waals surface area contributed by atoms with Gasteiger partial charge < -0.3 is 14.2 Å². The van der Waals surface area contributed by atoms with Crippen molar-refractivity contribution in [2.45, 2.75) is 18.8 Å². The van der Waals surface area contributed by atoms with E-state index < -0.39 is 34.6 Å². The van der Waals surface area contributed by atoms with E-state index >= 15 is 0 Å². The monoisotopic (exact) mass is 233 g/mol. The topological polar surface area (TPSA) is 87.9 Å². The maximum Gasteiger partial charge on any atom is 0.316 e. The van der Waals surface area contributed by atoms with Crippen LogP contribution in [0.5, 0.6) is 0 Å². The molecule has 0 amide bonds. The normalized spacial score (nSPS) is 32.6. The van der Waals surface area contributed by atoms with Crippen LogP contribution in [-0.4, -0.2) is 44.1 Å². The van der Waals surface area contributed by atoms with E-state index in [0.717, 1.165) is 0 Å². The highest BCUT2D eigenvalue weighted by atomic mass is 16.7. The van der Waals surface area contributed by atoms with Crippen LogP contribution >= 0.6 is 0 Å². The van der Waals surface area contributed by atoms with E-state index in [9.17, 15) is 14.9 Å². The quantitative estimate of drug-likeness (QED) is 0.289. The number of methoxy groups -OCH3 is 3. The highest BCUT2D eigenvalue weighted by Gasteiger charge is 2.79. The third-order valence-corrected chi connectivity index (χ3v) is 3.16. The summed E-state index contributed by atoms with van der Waals surface area (Å²) < 4.78 is 14.5. The first kappa shape index (κ1) is 12.9. The largest absolute Gasteiger partial charge is 0.469 e. The summed E-state index contributed by atoms with van der Waals surface area (Å²) in [7, 11) is 3.95. The zero-order valence-electron chi connectivity index (χ0n) is 9.63. The summed E-state index contributed by atoms with van der Waals surface area (Å²) in [5, 5.41) is 10.9. The highest BCUT2D eigenvalue weighted by molar-refractivity contribution is 5.78. The van der Waals surface area contributed by atoms with E-state index in [1.54, 1.807) is 0 Å². The molecule has 1 fully saturated rings. The summed E-state index contributed by atoms with van der Waals surface area (Å²) in [6.45, 7) is 1.39. The molecule has 0 bridgehead atoms. The summed E-state index contributed by atoms with van der Waals surface area (Å²) in [5.74, 6) is -2.05. The van der Waals surface area contributed by atoms with Gasteiger partial charge >= 0.3 is 5.97 Å². The number of carbonyl (C=O) groups excluding carboxylic acids is 1. The number of rotatable bonds is 5. The minimum Gasteiger partial charge on any atom is -0.469 e. The van der Waals surface area contributed by atoms with Gasteiger partial charge in [-0.1, -0.05) is 0 Å². The van der Waals surface area contributed by atoms with Gasteiger partial charge in [0.15, 0.2) is 6.29 Å². The average molecular weight is 233 g/mol. The van der Waals surface area contributed by atoms with Gasteiger partial charge in [0.1, 0.15) is 11.8 Å². The molecule has 0 heterocycles. The molecule has 3 atom stereocenters. The molecule has 1 rings (SSSR count). The van der Waals surface area contributed by atoms with Gasteiger partial charge in [0.25, 0.3) is 0 Å². The van der Waals surface area contributed by atoms with E-state index in [2.05, 4.69) is 4.74 Å². The second-order valence-electron chi connectivity index (χ2n) is 3.85. The van der Waals surface area contributed by atoms with Crippen molar-refractivity contribution in [1.82, 2.24) is 0 Å². The van der Waals surface area contributed by atoms with Crippen LogP contribution in [0.4, 0.5) is 0 Å². The van der Waals surface area contributed by atoms with E-state index in [4.69, 9.17) is 9.47 Å². The van der Waals surface area contributed by atoms with Crippen molar-refractivity contribution in [3.63, 3.8) is 0 Å². The van der Waals surface area contributed by atoms with E-state index in [-0.39, 0.29) is 0 Å². The SMILES string of the molecule is COC(=O)[C@H]1[C@@H](C(OC)OC)[C@]1(C)[N+](=O)[O-]. The number of ether oxygens (including phenoxy) is 3. The lowest BCUT2D eigenvalue weighted by molar-refractivity contribution is -0.542. The van der Waals surface area contributed by atoms with Crippen LogP contribution in [-0.2, 0) is 19.0 Å². The lowest BCUT2D eigenvalue weighted by Gasteiger charge is -2.12. The van der Waals surface area contributed by atoms with Gasteiger partial charge in [-0.3, -0.25) is 14.9 Å². The lowest BCUT2D eigenvalue weighted by Crippen LogP contribution is -2.28. The molecular weight excluding hydrogens is 218 g/mol. The van der Waals surface area contributed by atoms with E-state index in [1.165, 1.54) is 28.3 Å². The van der Waals surface area contributed by atoms with Crippen molar-refractivity contribution in [1.29, 1.82) is 0 Å². The van der Waals surface area contributed by atoms with Gasteiger partial charge in [-0.2, -0.15) is 0 Å². The summed E-state index contributed by atoms with van der Waals surface area (Å²) in [6.07, 6.45) is -0.778. The Bertz CT molecular complexity index is 302. The number of carbonyl (C=O) groups is 1. The molecule has 0 spiro atoms. The molecule has 0 radical (unpaired) electrons. The van der Waals surface area contributed by atoms with Gasteiger partial charge in [0.05, 0.1) is 7.11 Å². The Balaban J connectivity index is 2.92. The van der Waals surface area contributed by atoms with Crippen LogP contribution in [0.15, 0.2) is 0 Å². The zero-order valence-corrected chi connectivity index (χ0v) is 9.63. The Labute approximate surface area is 92.8 Å². The first-order valence-corrected chi connectivity index (χ1v) is 4.73. The van der Waals surface area contributed by atoms with Crippen molar-refractivity contribution in [3.05, 3.63) is 10.1 Å². The molecule has 0 aromatic heterocycles. The maximum atomic E-state index is 11.4. The molecule has 1 saturated carbocycles. The van der Waals surface area contributed by atoms with Gasteiger partial charge in [-0.05, 0) is 0 Å². The fraction of sp³-hybridized carbons (Fsp3) is 0.889. The molecule has 0 aromatic rings. The Kier molecular flexibility index (Phi) is 3.49. The summed E-state index contributed by atoms with van der Waals surface area (Å²) in [4.78, 5) is 21.9. The average Bonchev–Trinajstić information content (AvgIpc) is 2.88. The minimum atomic E-state index is -1.37. The van der Waals surface area contributed by atoms with Crippen LogP contribution in [0, 0.1) is 22.0 Å². The maximum absolute atomic E-state index is 11.4. The number of nitro groups is 1. The molecule has 0 aliphatic heterocycles. The minimum absolute atomic E-state index is 0.482. The van der Waals surface area contributed by atoms with Crippen molar-refractivity contribution in [2.24, 2.45) is 11.8 Å². The molecule has 7 heteroatoms.